The Hall–Kier alpha value is -3.31. The molecule has 1 aromatic heterocycles. The van der Waals surface area contributed by atoms with Crippen molar-refractivity contribution in [2.75, 3.05) is 11.4 Å². The van der Waals surface area contributed by atoms with Crippen LogP contribution in [0, 0.1) is 0 Å². The zero-order valence-electron chi connectivity index (χ0n) is 18.1. The Balaban J connectivity index is 1.37. The Bertz CT molecular complexity index is 1480. The third-order valence-corrected chi connectivity index (χ3v) is 8.47. The van der Waals surface area contributed by atoms with Crippen molar-refractivity contribution < 1.29 is 14.5 Å². The van der Waals surface area contributed by atoms with Crippen LogP contribution >= 0.6 is 11.8 Å². The molecule has 0 unspecified atom stereocenters. The number of aromatic nitrogens is 1. The van der Waals surface area contributed by atoms with Crippen molar-refractivity contribution in [3.63, 3.8) is 0 Å². The molecular weight excluding hydrogens is 428 g/mol. The topological polar surface area (TPSA) is 47.3 Å². The summed E-state index contributed by atoms with van der Waals surface area (Å²) in [4.78, 5) is 17.0. The zero-order valence-corrected chi connectivity index (χ0v) is 19.0. The van der Waals surface area contributed by atoms with Gasteiger partial charge < -0.3 is 10.0 Å². The first-order valence-corrected chi connectivity index (χ1v) is 12.4. The monoisotopic (exact) mass is 450 g/mol. The Labute approximate surface area is 196 Å². The highest BCUT2D eigenvalue weighted by Gasteiger charge is 2.40. The minimum atomic E-state index is -0.0579. The van der Waals surface area contributed by atoms with Crippen LogP contribution in [-0.2, 0) is 11.3 Å². The lowest BCUT2D eigenvalue weighted by Crippen LogP contribution is -2.43. The number of allylic oxidation sites excluding steroid dienone is 4. The summed E-state index contributed by atoms with van der Waals surface area (Å²) < 4.78 is 2.27. The van der Waals surface area contributed by atoms with Crippen LogP contribution in [0.3, 0.4) is 0 Å². The lowest BCUT2D eigenvalue weighted by Gasteiger charge is -2.37. The van der Waals surface area contributed by atoms with Crippen molar-refractivity contribution in [3.8, 4) is 0 Å². The quantitative estimate of drug-likeness (QED) is 0.405. The molecule has 3 aliphatic heterocycles. The first-order valence-electron chi connectivity index (χ1n) is 11.6. The number of nitrogens with zero attached hydrogens (tertiary/aromatic N) is 2. The van der Waals surface area contributed by atoms with Gasteiger partial charge in [-0.3, -0.25) is 4.79 Å². The van der Waals surface area contributed by atoms with E-state index >= 15 is 0 Å². The number of para-hydroxylation sites is 2. The van der Waals surface area contributed by atoms with Crippen molar-refractivity contribution in [2.24, 2.45) is 0 Å². The molecule has 0 fully saturated rings. The Morgan fingerprint density at radius 3 is 2.61 bits per heavy atom. The van der Waals surface area contributed by atoms with Crippen LogP contribution < -0.4 is 14.6 Å². The van der Waals surface area contributed by atoms with Gasteiger partial charge in [-0.2, -0.15) is 4.57 Å². The molecule has 0 saturated carbocycles. The molecule has 0 atom stereocenters. The number of ketones is 1. The van der Waals surface area contributed by atoms with Gasteiger partial charge in [0.25, 0.3) is 0 Å². The van der Waals surface area contributed by atoms with Crippen LogP contribution in [-0.4, -0.2) is 12.3 Å². The number of Topliss-reactive ketones (excluding diaryl/α,β-unsaturated/α-hetero) is 1. The fourth-order valence-electron chi connectivity index (χ4n) is 5.74. The summed E-state index contributed by atoms with van der Waals surface area (Å²) in [7, 11) is 0. The van der Waals surface area contributed by atoms with Crippen LogP contribution in [0.4, 0.5) is 5.69 Å². The van der Waals surface area contributed by atoms with Gasteiger partial charge in [0.05, 0.1) is 10.7 Å². The van der Waals surface area contributed by atoms with E-state index in [4.69, 9.17) is 0 Å². The molecule has 3 aromatic rings. The molecule has 0 bridgehead atoms. The highest BCUT2D eigenvalue weighted by molar-refractivity contribution is 8.03. The summed E-state index contributed by atoms with van der Waals surface area (Å²) in [6.07, 6.45) is 3.45. The van der Waals surface area contributed by atoms with Crippen molar-refractivity contribution in [1.29, 1.82) is 0 Å². The third-order valence-electron chi connectivity index (χ3n) is 7.24. The first kappa shape index (κ1) is 19.2. The van der Waals surface area contributed by atoms with Crippen LogP contribution in [0.15, 0.2) is 93.1 Å². The number of thioether (sulfide) groups is 1. The maximum absolute atomic E-state index is 13.5. The van der Waals surface area contributed by atoms with E-state index in [-0.39, 0.29) is 11.5 Å². The maximum atomic E-state index is 13.5. The standard InChI is InChI=1S/C28H22N2O2S/c31-26-24(18-8-5-15-29-20-10-2-1-7-17(20)13-14-21(18)29)27(32)25(26)19-9-6-16-30-22-11-3-4-12-23(22)33-28(19)30/h1-4,7,10-14H,5-6,8-9,15-16H2. The minimum absolute atomic E-state index is 0.0579. The number of fused-ring (bicyclic) bond motifs is 6. The molecule has 7 rings (SSSR count). The predicted octanol–water partition coefficient (Wildman–Crippen LogP) is 4.49. The summed E-state index contributed by atoms with van der Waals surface area (Å²) in [5, 5.41) is 15.8. The molecule has 33 heavy (non-hydrogen) atoms. The van der Waals surface area contributed by atoms with Crippen molar-refractivity contribution in [2.45, 2.75) is 37.1 Å². The van der Waals surface area contributed by atoms with Crippen molar-refractivity contribution >= 4 is 39.7 Å². The molecule has 4 aliphatic rings. The average molecular weight is 451 g/mol. The van der Waals surface area contributed by atoms with E-state index in [9.17, 15) is 9.90 Å². The molecule has 1 aliphatic carbocycles. The molecular formula is C28H22N2O2S. The van der Waals surface area contributed by atoms with Crippen LogP contribution in [0.25, 0.3) is 16.5 Å². The number of pyridine rings is 1. The van der Waals surface area contributed by atoms with E-state index in [1.54, 1.807) is 11.8 Å². The molecule has 4 heterocycles. The number of benzene rings is 2. The molecule has 0 spiro atoms. The number of rotatable bonds is 1. The summed E-state index contributed by atoms with van der Waals surface area (Å²) in [5.74, 6) is -0.116. The molecule has 4 nitrogen and oxygen atoms in total. The van der Waals surface area contributed by atoms with Crippen LogP contribution in [0.1, 0.15) is 31.4 Å². The van der Waals surface area contributed by atoms with Gasteiger partial charge in [0.1, 0.15) is 6.54 Å². The van der Waals surface area contributed by atoms with E-state index in [0.717, 1.165) is 66.2 Å². The van der Waals surface area contributed by atoms with E-state index in [0.29, 0.717) is 11.1 Å². The largest absolute Gasteiger partial charge is 0.871 e. The molecule has 0 saturated heterocycles. The molecule has 0 amide bonds. The molecule has 162 valence electrons. The van der Waals surface area contributed by atoms with Gasteiger partial charge in [0.2, 0.25) is 11.2 Å². The van der Waals surface area contributed by atoms with Crippen molar-refractivity contribution in [1.82, 2.24) is 0 Å². The molecule has 2 aromatic carbocycles. The van der Waals surface area contributed by atoms with Crippen LogP contribution in [0.5, 0.6) is 0 Å². The fraction of sp³-hybridized carbons (Fsp3) is 0.214. The fourth-order valence-corrected chi connectivity index (χ4v) is 7.00. The van der Waals surface area contributed by atoms with Gasteiger partial charge in [-0.25, -0.2) is 0 Å². The van der Waals surface area contributed by atoms with Gasteiger partial charge in [0.15, 0.2) is 5.78 Å². The van der Waals surface area contributed by atoms with Gasteiger partial charge >= 0.3 is 0 Å². The molecule has 5 heteroatoms. The van der Waals surface area contributed by atoms with E-state index < -0.39 is 0 Å². The SMILES string of the molecule is O=C1C(C2=C3Sc4ccccc4N3CCC2)=C([O-])/C1=C1/CCC[n+]2c1ccc1ccccc12. The summed E-state index contributed by atoms with van der Waals surface area (Å²) in [5.41, 5.74) is 6.08. The highest BCUT2D eigenvalue weighted by atomic mass is 32.2. The normalized spacial score (nSPS) is 21.8. The van der Waals surface area contributed by atoms with Crippen molar-refractivity contribution in [3.05, 3.63) is 93.9 Å². The molecule has 0 N–H and O–H groups in total. The Morgan fingerprint density at radius 2 is 1.70 bits per heavy atom. The number of aryl methyl sites for hydroxylation is 1. The first-order chi connectivity index (χ1) is 16.2. The maximum Gasteiger partial charge on any atom is 0.212 e. The average Bonchev–Trinajstić information content (AvgIpc) is 3.24. The minimum Gasteiger partial charge on any atom is -0.871 e. The lowest BCUT2D eigenvalue weighted by atomic mass is 9.77. The van der Waals surface area contributed by atoms with Crippen LogP contribution in [0.2, 0.25) is 0 Å². The predicted molar refractivity (Wildman–Crippen MR) is 128 cm³/mol. The van der Waals surface area contributed by atoms with Gasteiger partial charge in [-0.05, 0) is 49.1 Å². The van der Waals surface area contributed by atoms with E-state index in [1.807, 2.05) is 24.3 Å². The number of anilines is 1. The zero-order chi connectivity index (χ0) is 22.1. The van der Waals surface area contributed by atoms with Gasteiger partial charge in [-0.15, -0.1) is 0 Å². The second kappa shape index (κ2) is 7.09. The number of carbonyl (C=O) groups is 1. The van der Waals surface area contributed by atoms with Gasteiger partial charge in [0, 0.05) is 52.1 Å². The molecule has 0 radical (unpaired) electrons. The second-order valence-electron chi connectivity index (χ2n) is 9.03. The van der Waals surface area contributed by atoms with E-state index in [1.165, 1.54) is 16.0 Å². The third kappa shape index (κ3) is 2.66. The Kier molecular flexibility index (Phi) is 4.12. The number of hydrogen-bond donors (Lipinski definition) is 0. The number of carbonyl (C=O) groups excluding carboxylic acids is 1. The van der Waals surface area contributed by atoms with E-state index in [2.05, 4.69) is 45.9 Å². The highest BCUT2D eigenvalue weighted by Crippen LogP contribution is 2.52. The summed E-state index contributed by atoms with van der Waals surface area (Å²) >= 11 is 1.70. The second-order valence-corrected chi connectivity index (χ2v) is 10.1. The lowest BCUT2D eigenvalue weighted by molar-refractivity contribution is -0.677. The summed E-state index contributed by atoms with van der Waals surface area (Å²) in [6, 6.07) is 20.8. The smallest absolute Gasteiger partial charge is 0.212 e. The Morgan fingerprint density at radius 1 is 0.879 bits per heavy atom. The van der Waals surface area contributed by atoms with Gasteiger partial charge in [-0.1, -0.05) is 41.8 Å². The summed E-state index contributed by atoms with van der Waals surface area (Å²) in [6.45, 7) is 1.84. The number of hydrogen-bond acceptors (Lipinski definition) is 4.